The molecule has 0 aliphatic rings. The maximum absolute atomic E-state index is 6.73. The van der Waals surface area contributed by atoms with Crippen molar-refractivity contribution < 1.29 is 20.3 Å². The third kappa shape index (κ3) is 41.9. The predicted molar refractivity (Wildman–Crippen MR) is 138 cm³/mol. The van der Waals surface area contributed by atoms with Gasteiger partial charge in [0.15, 0.2) is 17.4 Å². The van der Waals surface area contributed by atoms with E-state index in [1.54, 1.807) is 0 Å². The van der Waals surface area contributed by atoms with Crippen molar-refractivity contribution >= 4 is 89.3 Å². The fourth-order valence-electron chi connectivity index (χ4n) is 2.00. The number of halogens is 5. The Morgan fingerprint density at radius 1 is 0.500 bits per heavy atom. The van der Waals surface area contributed by atoms with Crippen LogP contribution < -0.4 is 18.9 Å². The summed E-state index contributed by atoms with van der Waals surface area (Å²) in [6.07, 6.45) is 0. The second-order valence-electron chi connectivity index (χ2n) is 8.18. The van der Waals surface area contributed by atoms with E-state index in [1.165, 1.54) is 0 Å². The van der Waals surface area contributed by atoms with Crippen molar-refractivity contribution in [2.24, 2.45) is 11.8 Å². The standard InChI is InChI=1S/C9H21ClGe.2C4H10.Al.Cl4Ge.Li.4H/c1-7(2)11(10,8(3)4)9(5)6;2*1-4(2)3;;1-5(2,3)4;;;;;/h7-9H,1-6H3;2*4H,1-3H3;;;;;;;/q;;;;;+1;;;;-1. The van der Waals surface area contributed by atoms with Gasteiger partial charge in [0.05, 0.1) is 0 Å². The van der Waals surface area contributed by atoms with Gasteiger partial charge in [0.2, 0.25) is 0 Å². The molecule has 0 atom stereocenters. The van der Waals surface area contributed by atoms with Crippen LogP contribution in [0.4, 0.5) is 0 Å². The van der Waals surface area contributed by atoms with Gasteiger partial charge in [-0.25, -0.2) is 0 Å². The Labute approximate surface area is 216 Å². The Bertz CT molecular complexity index is 241. The Morgan fingerprint density at radius 2 is 0.577 bits per heavy atom. The minimum atomic E-state index is -3.11. The largest absolute Gasteiger partial charge is 1.00 e. The number of hydrogen-bond donors (Lipinski definition) is 0. The van der Waals surface area contributed by atoms with Gasteiger partial charge in [-0.05, 0) is 11.8 Å². The Morgan fingerprint density at radius 3 is 0.577 bits per heavy atom. The molecular weight excluding hydrogens is 561 g/mol. The minimum absolute atomic E-state index is 0. The Hall–Kier alpha value is 3.67. The van der Waals surface area contributed by atoms with E-state index in [9.17, 15) is 0 Å². The van der Waals surface area contributed by atoms with Crippen molar-refractivity contribution in [3.05, 3.63) is 0 Å². The summed E-state index contributed by atoms with van der Waals surface area (Å²) in [5, 5.41) is 0. The van der Waals surface area contributed by atoms with E-state index in [1.807, 2.05) is 0 Å². The van der Waals surface area contributed by atoms with Crippen LogP contribution in [0.3, 0.4) is 0 Å². The molecule has 160 valence electrons. The predicted octanol–water partition coefficient (Wildman–Crippen LogP) is 6.04. The molecule has 0 aromatic rings. The first kappa shape index (κ1) is 43.5. The Balaban J connectivity index is -0.0000000427. The third-order valence-corrected chi connectivity index (χ3v) is 20.6. The van der Waals surface area contributed by atoms with Crippen molar-refractivity contribution in [1.29, 1.82) is 0 Å². The average Bonchev–Trinajstić information content (AvgIpc) is 2.22. The summed E-state index contributed by atoms with van der Waals surface area (Å²) < 4.78 is 2.20. The van der Waals surface area contributed by atoms with Crippen molar-refractivity contribution in [3.63, 3.8) is 0 Å². The molecule has 0 N–H and O–H groups in total. The zero-order chi connectivity index (χ0) is 20.9. The van der Waals surface area contributed by atoms with Crippen LogP contribution in [-0.2, 0) is 0 Å². The topological polar surface area (TPSA) is 0 Å². The van der Waals surface area contributed by atoms with E-state index in [0.717, 1.165) is 26.1 Å². The second-order valence-corrected chi connectivity index (χ2v) is 41.9. The van der Waals surface area contributed by atoms with E-state index in [2.05, 4.69) is 83.1 Å². The van der Waals surface area contributed by atoms with Gasteiger partial charge in [-0.3, -0.25) is 0 Å². The summed E-state index contributed by atoms with van der Waals surface area (Å²) in [6.45, 7) is 26.7. The van der Waals surface area contributed by atoms with Crippen molar-refractivity contribution in [2.75, 3.05) is 0 Å². The molecule has 0 saturated heterocycles. The van der Waals surface area contributed by atoms with Crippen LogP contribution in [0.1, 0.15) is 84.5 Å². The molecule has 0 fully saturated rings. The zero-order valence-electron chi connectivity index (χ0n) is 19.8. The molecule has 0 amide bonds. The number of hydrogen-bond acceptors (Lipinski definition) is 0. The quantitative estimate of drug-likeness (QED) is 0.345. The molecular formula is C17H45AlCl5Ge2Li. The monoisotopic (exact) mass is 606 g/mol. The van der Waals surface area contributed by atoms with Crippen LogP contribution in [0.5, 0.6) is 0 Å². The first-order valence-electron chi connectivity index (χ1n) is 8.74. The molecule has 0 radical (unpaired) electrons. The van der Waals surface area contributed by atoms with Crippen LogP contribution in [0.25, 0.3) is 0 Å². The fourth-order valence-corrected chi connectivity index (χ4v) is 10.4. The van der Waals surface area contributed by atoms with E-state index >= 15 is 0 Å². The van der Waals surface area contributed by atoms with Crippen LogP contribution in [-0.4, -0.2) is 39.2 Å². The smallest absolute Gasteiger partial charge is 1.00 e. The third-order valence-electron chi connectivity index (χ3n) is 2.65. The summed E-state index contributed by atoms with van der Waals surface area (Å²) in [6, 6.07) is 0. The van der Waals surface area contributed by atoms with Crippen LogP contribution in [0.15, 0.2) is 0 Å². The summed E-state index contributed by atoms with van der Waals surface area (Å²) >= 11 is -2.03. The molecule has 0 heterocycles. The molecule has 0 nitrogen and oxygen atoms in total. The van der Waals surface area contributed by atoms with E-state index in [0.29, 0.717) is 0 Å². The summed E-state index contributed by atoms with van der Waals surface area (Å²) in [5.41, 5.74) is 0. The van der Waals surface area contributed by atoms with E-state index in [-0.39, 0.29) is 37.6 Å². The molecule has 26 heavy (non-hydrogen) atoms. The first-order chi connectivity index (χ1) is 10.3. The van der Waals surface area contributed by atoms with Gasteiger partial charge in [0, 0.05) is 0 Å². The molecule has 0 spiro atoms. The van der Waals surface area contributed by atoms with Crippen LogP contribution in [0.2, 0.25) is 14.3 Å². The summed E-state index contributed by atoms with van der Waals surface area (Å²) in [5.74, 6) is 1.67. The van der Waals surface area contributed by atoms with Gasteiger partial charge < -0.3 is 1.43 Å². The second kappa shape index (κ2) is 23.3. The molecule has 0 aromatic carbocycles. The molecule has 9 heteroatoms. The van der Waals surface area contributed by atoms with Gasteiger partial charge >= 0.3 is 147 Å². The fraction of sp³-hybridized carbons (Fsp3) is 1.00. The SMILES string of the molecule is CC(C)C.CC(C)C.C[CH](C)[Ge]([Cl])([CH](C)C)[CH](C)C.[AlH3].[Cl][Ge]([Cl])([Cl])[Cl].[H-].[Li+]. The van der Waals surface area contributed by atoms with E-state index in [4.69, 9.17) is 50.0 Å². The molecule has 0 aliphatic heterocycles. The summed E-state index contributed by atoms with van der Waals surface area (Å²) in [4.78, 5) is 0. The van der Waals surface area contributed by atoms with Gasteiger partial charge in [-0.1, -0.05) is 41.5 Å². The molecule has 0 aromatic heterocycles. The van der Waals surface area contributed by atoms with Crippen molar-refractivity contribution in [1.82, 2.24) is 0 Å². The number of rotatable bonds is 3. The normalized spacial score (nSPS) is 10.8. The Kier molecular flexibility index (Phi) is 39.1. The van der Waals surface area contributed by atoms with Gasteiger partial charge in [0.1, 0.15) is 0 Å². The molecule has 0 saturated carbocycles. The molecule has 0 aliphatic carbocycles. The van der Waals surface area contributed by atoms with Crippen LogP contribution >= 0.6 is 50.0 Å². The minimum Gasteiger partial charge on any atom is -1.00 e. The van der Waals surface area contributed by atoms with Gasteiger partial charge in [-0.2, -0.15) is 0 Å². The molecule has 0 bridgehead atoms. The zero-order valence-corrected chi connectivity index (χ0v) is 26.8. The van der Waals surface area contributed by atoms with Crippen molar-refractivity contribution in [3.8, 4) is 0 Å². The molecule has 0 unspecified atom stereocenters. The van der Waals surface area contributed by atoms with Crippen LogP contribution in [0, 0.1) is 11.8 Å². The summed E-state index contributed by atoms with van der Waals surface area (Å²) in [7, 11) is 23.7. The first-order valence-corrected chi connectivity index (χ1v) is 26.2. The average molecular weight is 606 g/mol. The van der Waals surface area contributed by atoms with Crippen molar-refractivity contribution in [2.45, 2.75) is 97.3 Å². The maximum atomic E-state index is 6.73. The molecule has 0 rings (SSSR count). The van der Waals surface area contributed by atoms with E-state index < -0.39 is 21.9 Å². The maximum Gasteiger partial charge on any atom is 1.00 e. The van der Waals surface area contributed by atoms with Gasteiger partial charge in [0.25, 0.3) is 0 Å². The van der Waals surface area contributed by atoms with Gasteiger partial charge in [-0.15, -0.1) is 0 Å².